The number of rotatable bonds is 6. The van der Waals surface area contributed by atoms with E-state index in [1.807, 2.05) is 6.92 Å². The van der Waals surface area contributed by atoms with E-state index in [4.69, 9.17) is 15.6 Å². The lowest BCUT2D eigenvalue weighted by Gasteiger charge is -2.41. The predicted molar refractivity (Wildman–Crippen MR) is 70.8 cm³/mol. The highest BCUT2D eigenvalue weighted by atomic mass is 16.5. The van der Waals surface area contributed by atoms with Crippen molar-refractivity contribution in [3.8, 4) is 0 Å². The molecule has 0 radical (unpaired) electrons. The Morgan fingerprint density at radius 3 is 2.29 bits per heavy atom. The molecule has 0 aromatic carbocycles. The first-order valence-electron chi connectivity index (χ1n) is 6.98. The van der Waals surface area contributed by atoms with E-state index in [9.17, 15) is 0 Å². The first-order valence-corrected chi connectivity index (χ1v) is 6.98. The van der Waals surface area contributed by atoms with Crippen molar-refractivity contribution in [3.63, 3.8) is 0 Å². The number of aliphatic hydroxyl groups excluding tert-OH is 1. The van der Waals surface area contributed by atoms with Crippen molar-refractivity contribution < 1.29 is 9.84 Å². The van der Waals surface area contributed by atoms with Crippen molar-refractivity contribution in [2.75, 3.05) is 19.8 Å². The summed E-state index contributed by atoms with van der Waals surface area (Å²) in [4.78, 5) is 0. The van der Waals surface area contributed by atoms with Gasteiger partial charge >= 0.3 is 0 Å². The van der Waals surface area contributed by atoms with Crippen LogP contribution in [0.5, 0.6) is 0 Å². The molecule has 1 aliphatic carbocycles. The van der Waals surface area contributed by atoms with Gasteiger partial charge in [-0.15, -0.1) is 0 Å². The number of ether oxygens (including phenoxy) is 1. The normalized spacial score (nSPS) is 31.8. The lowest BCUT2D eigenvalue weighted by atomic mass is 9.74. The fourth-order valence-corrected chi connectivity index (χ4v) is 2.61. The monoisotopic (exact) mass is 243 g/mol. The van der Waals surface area contributed by atoms with Gasteiger partial charge in [0.15, 0.2) is 0 Å². The van der Waals surface area contributed by atoms with Crippen molar-refractivity contribution >= 4 is 0 Å². The van der Waals surface area contributed by atoms with Crippen LogP contribution in [0, 0.1) is 17.8 Å². The van der Waals surface area contributed by atoms with Gasteiger partial charge in [-0.2, -0.15) is 0 Å². The third-order valence-electron chi connectivity index (χ3n) is 4.24. The summed E-state index contributed by atoms with van der Waals surface area (Å²) in [5.74, 6) is 1.80. The second-order valence-corrected chi connectivity index (χ2v) is 6.07. The molecular weight excluding hydrogens is 214 g/mol. The Kier molecular flexibility index (Phi) is 5.90. The van der Waals surface area contributed by atoms with E-state index in [0.717, 1.165) is 24.7 Å². The Morgan fingerprint density at radius 1 is 1.29 bits per heavy atom. The van der Waals surface area contributed by atoms with Gasteiger partial charge in [0.05, 0.1) is 12.2 Å². The minimum atomic E-state index is -0.116. The molecule has 1 aliphatic rings. The van der Waals surface area contributed by atoms with Gasteiger partial charge in [-0.3, -0.25) is 0 Å². The lowest BCUT2D eigenvalue weighted by Crippen LogP contribution is -2.45. The molecule has 1 unspecified atom stereocenters. The predicted octanol–water partition coefficient (Wildman–Crippen LogP) is 2.18. The van der Waals surface area contributed by atoms with Crippen LogP contribution in [0.2, 0.25) is 0 Å². The molecule has 3 N–H and O–H groups in total. The second kappa shape index (κ2) is 6.72. The average molecular weight is 243 g/mol. The molecular formula is C14H29NO2. The molecule has 102 valence electrons. The summed E-state index contributed by atoms with van der Waals surface area (Å²) in [6.45, 7) is 8.03. The largest absolute Gasteiger partial charge is 0.396 e. The van der Waals surface area contributed by atoms with Gasteiger partial charge in [0.2, 0.25) is 0 Å². The minimum Gasteiger partial charge on any atom is -0.396 e. The first kappa shape index (κ1) is 14.9. The van der Waals surface area contributed by atoms with Crippen LogP contribution in [0.15, 0.2) is 0 Å². The van der Waals surface area contributed by atoms with E-state index < -0.39 is 0 Å². The maximum atomic E-state index is 9.02. The second-order valence-electron chi connectivity index (χ2n) is 6.07. The number of nitrogens with two attached hydrogens (primary N) is 1. The summed E-state index contributed by atoms with van der Waals surface area (Å²) >= 11 is 0. The van der Waals surface area contributed by atoms with Crippen LogP contribution < -0.4 is 5.73 Å². The van der Waals surface area contributed by atoms with Gasteiger partial charge in [-0.05, 0) is 37.5 Å². The Hall–Kier alpha value is -0.120. The van der Waals surface area contributed by atoms with Crippen molar-refractivity contribution in [1.82, 2.24) is 0 Å². The molecule has 0 aromatic rings. The number of hydrogen-bond donors (Lipinski definition) is 2. The van der Waals surface area contributed by atoms with Gasteiger partial charge in [0.1, 0.15) is 0 Å². The van der Waals surface area contributed by atoms with Gasteiger partial charge < -0.3 is 15.6 Å². The molecule has 3 heteroatoms. The van der Waals surface area contributed by atoms with E-state index in [1.54, 1.807) is 0 Å². The van der Waals surface area contributed by atoms with E-state index in [0.29, 0.717) is 13.2 Å². The SMILES string of the molecule is CC(CO)COC1(CN)CCC(C(C)C)CC1. The molecule has 17 heavy (non-hydrogen) atoms. The van der Waals surface area contributed by atoms with Crippen LogP contribution in [0.25, 0.3) is 0 Å². The molecule has 0 amide bonds. The highest BCUT2D eigenvalue weighted by molar-refractivity contribution is 4.89. The topological polar surface area (TPSA) is 55.5 Å². The van der Waals surface area contributed by atoms with Crippen molar-refractivity contribution in [2.45, 2.75) is 52.1 Å². The van der Waals surface area contributed by atoms with Crippen molar-refractivity contribution in [1.29, 1.82) is 0 Å². The third kappa shape index (κ3) is 4.23. The van der Waals surface area contributed by atoms with Gasteiger partial charge in [0.25, 0.3) is 0 Å². The van der Waals surface area contributed by atoms with Crippen LogP contribution in [-0.2, 0) is 4.74 Å². The third-order valence-corrected chi connectivity index (χ3v) is 4.24. The molecule has 1 rings (SSSR count). The van der Waals surface area contributed by atoms with Gasteiger partial charge in [0, 0.05) is 19.1 Å². The zero-order chi connectivity index (χ0) is 12.9. The van der Waals surface area contributed by atoms with Gasteiger partial charge in [-0.25, -0.2) is 0 Å². The molecule has 1 atom stereocenters. The fourth-order valence-electron chi connectivity index (χ4n) is 2.61. The van der Waals surface area contributed by atoms with Crippen LogP contribution in [0.3, 0.4) is 0 Å². The standard InChI is InChI=1S/C14H29NO2/c1-11(2)13-4-6-14(10-15,7-5-13)17-9-12(3)8-16/h11-13,16H,4-10,15H2,1-3H3. The highest BCUT2D eigenvalue weighted by Gasteiger charge is 2.36. The quantitative estimate of drug-likeness (QED) is 0.752. The van der Waals surface area contributed by atoms with Crippen LogP contribution in [-0.4, -0.2) is 30.5 Å². The zero-order valence-electron chi connectivity index (χ0n) is 11.6. The molecule has 0 aliphatic heterocycles. The molecule has 0 heterocycles. The molecule has 0 spiro atoms. The Morgan fingerprint density at radius 2 is 1.88 bits per heavy atom. The van der Waals surface area contributed by atoms with E-state index >= 15 is 0 Å². The fraction of sp³-hybridized carbons (Fsp3) is 1.00. The van der Waals surface area contributed by atoms with E-state index in [2.05, 4.69) is 13.8 Å². The van der Waals surface area contributed by atoms with E-state index in [1.165, 1.54) is 12.8 Å². The van der Waals surface area contributed by atoms with E-state index in [-0.39, 0.29) is 18.1 Å². The molecule has 0 bridgehead atoms. The van der Waals surface area contributed by atoms with Crippen LogP contribution in [0.1, 0.15) is 46.5 Å². The summed E-state index contributed by atoms with van der Waals surface area (Å²) in [6.07, 6.45) is 4.60. The van der Waals surface area contributed by atoms with Crippen LogP contribution in [0.4, 0.5) is 0 Å². The maximum absolute atomic E-state index is 9.02. The summed E-state index contributed by atoms with van der Waals surface area (Å²) in [6, 6.07) is 0. The highest BCUT2D eigenvalue weighted by Crippen LogP contribution is 2.37. The Bertz CT molecular complexity index is 210. The average Bonchev–Trinajstić information content (AvgIpc) is 2.36. The van der Waals surface area contributed by atoms with Gasteiger partial charge in [-0.1, -0.05) is 20.8 Å². The molecule has 1 fully saturated rings. The zero-order valence-corrected chi connectivity index (χ0v) is 11.6. The Labute approximate surface area is 106 Å². The van der Waals surface area contributed by atoms with Crippen LogP contribution >= 0.6 is 0 Å². The van der Waals surface area contributed by atoms with Crippen molar-refractivity contribution in [2.24, 2.45) is 23.5 Å². The van der Waals surface area contributed by atoms with Crippen molar-refractivity contribution in [3.05, 3.63) is 0 Å². The summed E-state index contributed by atoms with van der Waals surface area (Å²) in [5, 5.41) is 9.02. The summed E-state index contributed by atoms with van der Waals surface area (Å²) < 4.78 is 6.02. The summed E-state index contributed by atoms with van der Waals surface area (Å²) in [7, 11) is 0. The molecule has 0 saturated heterocycles. The Balaban J connectivity index is 2.43. The smallest absolute Gasteiger partial charge is 0.0804 e. The molecule has 3 nitrogen and oxygen atoms in total. The minimum absolute atomic E-state index is 0.116. The first-order chi connectivity index (χ1) is 8.03. The maximum Gasteiger partial charge on any atom is 0.0804 e. The molecule has 1 saturated carbocycles. The number of aliphatic hydroxyl groups is 1. The lowest BCUT2D eigenvalue weighted by molar-refractivity contribution is -0.0891. The summed E-state index contributed by atoms with van der Waals surface area (Å²) in [5.41, 5.74) is 5.78. The number of hydrogen-bond acceptors (Lipinski definition) is 3. The molecule has 0 aromatic heterocycles.